The highest BCUT2D eigenvalue weighted by atomic mass is 33.1. The summed E-state index contributed by atoms with van der Waals surface area (Å²) in [5.74, 6) is 5.95. The van der Waals surface area contributed by atoms with E-state index >= 15 is 0 Å². The largest absolute Gasteiger partial charge is 0.494 e. The predicted molar refractivity (Wildman–Crippen MR) is 154 cm³/mol. The lowest BCUT2D eigenvalue weighted by Crippen LogP contribution is -2.44. The fraction of sp³-hybridized carbons (Fsp3) is 0.800. The standard InChI is InChI=1S/C30H49NO2S2/c1-3-18-33-29-14-13-28-27-11-9-23-22-24(10-12-25(23)26(27)15-16-30(28,29)2)32-19-8-21-35-34-20-7-5-4-6-17-31/h10,12,22,26-29H,3-9,11,13-21,31H2,1-2H3. The maximum atomic E-state index is 6.36. The second kappa shape index (κ2) is 14.0. The van der Waals surface area contributed by atoms with Crippen LogP contribution in [-0.2, 0) is 11.2 Å². The molecule has 0 radical (unpaired) electrons. The van der Waals surface area contributed by atoms with E-state index in [1.54, 1.807) is 11.1 Å². The molecule has 0 aliphatic heterocycles. The Morgan fingerprint density at radius 1 is 0.971 bits per heavy atom. The molecule has 3 aliphatic rings. The molecule has 0 bridgehead atoms. The zero-order valence-electron chi connectivity index (χ0n) is 22.3. The molecule has 2 fully saturated rings. The molecular weight excluding hydrogens is 470 g/mol. The van der Waals surface area contributed by atoms with Crippen LogP contribution < -0.4 is 10.5 Å². The van der Waals surface area contributed by atoms with Gasteiger partial charge in [-0.15, -0.1) is 0 Å². The molecule has 5 unspecified atom stereocenters. The average Bonchev–Trinajstić information content (AvgIpc) is 3.21. The molecule has 3 nitrogen and oxygen atoms in total. The predicted octanol–water partition coefficient (Wildman–Crippen LogP) is 8.01. The molecule has 5 atom stereocenters. The maximum Gasteiger partial charge on any atom is 0.119 e. The van der Waals surface area contributed by atoms with Crippen molar-refractivity contribution in [2.24, 2.45) is 23.0 Å². The molecule has 198 valence electrons. The highest BCUT2D eigenvalue weighted by Crippen LogP contribution is 2.61. The van der Waals surface area contributed by atoms with Crippen molar-refractivity contribution < 1.29 is 9.47 Å². The van der Waals surface area contributed by atoms with Crippen molar-refractivity contribution in [2.45, 2.75) is 103 Å². The molecule has 0 amide bonds. The number of hydrogen-bond acceptors (Lipinski definition) is 5. The Hall–Kier alpha value is -0.360. The molecule has 1 aromatic carbocycles. The van der Waals surface area contributed by atoms with E-state index in [1.807, 2.05) is 21.6 Å². The molecule has 3 aliphatic carbocycles. The van der Waals surface area contributed by atoms with Crippen LogP contribution in [0.3, 0.4) is 0 Å². The van der Waals surface area contributed by atoms with Crippen molar-refractivity contribution in [3.05, 3.63) is 29.3 Å². The quantitative estimate of drug-likeness (QED) is 0.188. The Bertz CT molecular complexity index is 775. The van der Waals surface area contributed by atoms with Crippen molar-refractivity contribution in [2.75, 3.05) is 31.3 Å². The Morgan fingerprint density at radius 2 is 1.80 bits per heavy atom. The first-order valence-corrected chi connectivity index (χ1v) is 17.0. The molecule has 0 saturated heterocycles. The number of ether oxygens (including phenoxy) is 2. The van der Waals surface area contributed by atoms with Crippen LogP contribution in [0.4, 0.5) is 0 Å². The normalized spacial score (nSPS) is 29.5. The number of nitrogens with two attached hydrogens (primary N) is 1. The first kappa shape index (κ1) is 27.7. The minimum absolute atomic E-state index is 0.400. The van der Waals surface area contributed by atoms with Crippen LogP contribution in [0.25, 0.3) is 0 Å². The third kappa shape index (κ3) is 6.94. The van der Waals surface area contributed by atoms with Gasteiger partial charge < -0.3 is 15.2 Å². The lowest BCUT2D eigenvalue weighted by atomic mass is 9.55. The van der Waals surface area contributed by atoms with E-state index in [4.69, 9.17) is 15.2 Å². The topological polar surface area (TPSA) is 44.5 Å². The second-order valence-electron chi connectivity index (χ2n) is 11.3. The summed E-state index contributed by atoms with van der Waals surface area (Å²) in [5, 5.41) is 0. The molecule has 0 heterocycles. The van der Waals surface area contributed by atoms with Gasteiger partial charge in [-0.05, 0) is 117 Å². The Morgan fingerprint density at radius 3 is 2.63 bits per heavy atom. The Balaban J connectivity index is 1.20. The van der Waals surface area contributed by atoms with Crippen LogP contribution in [0.1, 0.15) is 102 Å². The van der Waals surface area contributed by atoms with Gasteiger partial charge in [0.15, 0.2) is 0 Å². The lowest BCUT2D eigenvalue weighted by Gasteiger charge is -2.50. The van der Waals surface area contributed by atoms with Gasteiger partial charge in [-0.3, -0.25) is 0 Å². The van der Waals surface area contributed by atoms with Gasteiger partial charge in [-0.2, -0.15) is 0 Å². The smallest absolute Gasteiger partial charge is 0.119 e. The van der Waals surface area contributed by atoms with E-state index in [0.717, 1.165) is 56.1 Å². The third-order valence-electron chi connectivity index (χ3n) is 9.04. The van der Waals surface area contributed by atoms with E-state index < -0.39 is 0 Å². The zero-order chi connectivity index (χ0) is 24.5. The molecule has 4 rings (SSSR count). The molecule has 35 heavy (non-hydrogen) atoms. The van der Waals surface area contributed by atoms with Gasteiger partial charge in [0.05, 0.1) is 12.7 Å². The number of rotatable bonds is 15. The minimum Gasteiger partial charge on any atom is -0.494 e. The maximum absolute atomic E-state index is 6.36. The first-order valence-electron chi connectivity index (χ1n) is 14.5. The second-order valence-corrected chi connectivity index (χ2v) is 14.0. The van der Waals surface area contributed by atoms with Crippen LogP contribution >= 0.6 is 21.6 Å². The molecule has 5 heteroatoms. The fourth-order valence-electron chi connectivity index (χ4n) is 7.22. The number of hydrogen-bond donors (Lipinski definition) is 1. The van der Waals surface area contributed by atoms with E-state index in [-0.39, 0.29) is 0 Å². The van der Waals surface area contributed by atoms with Crippen molar-refractivity contribution in [3.8, 4) is 5.75 Å². The summed E-state index contributed by atoms with van der Waals surface area (Å²) in [4.78, 5) is 0. The minimum atomic E-state index is 0.400. The van der Waals surface area contributed by atoms with Crippen LogP contribution in [0.5, 0.6) is 5.75 Å². The van der Waals surface area contributed by atoms with Crippen LogP contribution in [0.15, 0.2) is 18.2 Å². The van der Waals surface area contributed by atoms with Crippen LogP contribution in [0, 0.1) is 17.3 Å². The van der Waals surface area contributed by atoms with Crippen molar-refractivity contribution in [1.82, 2.24) is 0 Å². The average molecular weight is 520 g/mol. The Labute approximate surface area is 222 Å². The number of benzene rings is 1. The molecule has 2 saturated carbocycles. The monoisotopic (exact) mass is 519 g/mol. The SMILES string of the molecule is CCCOC1CCC2C3CCc4cc(OCCCSSCCCCCCN)ccc4C3CCC12C. The van der Waals surface area contributed by atoms with Gasteiger partial charge in [0.2, 0.25) is 0 Å². The van der Waals surface area contributed by atoms with E-state index in [1.165, 1.54) is 75.7 Å². The molecular formula is C30H49NO2S2. The van der Waals surface area contributed by atoms with Gasteiger partial charge >= 0.3 is 0 Å². The summed E-state index contributed by atoms with van der Waals surface area (Å²) < 4.78 is 12.5. The van der Waals surface area contributed by atoms with Gasteiger partial charge in [-0.25, -0.2) is 0 Å². The molecule has 0 spiro atoms. The molecule has 1 aromatic rings. The summed E-state index contributed by atoms with van der Waals surface area (Å²) in [6, 6.07) is 7.03. The van der Waals surface area contributed by atoms with Crippen molar-refractivity contribution in [1.29, 1.82) is 0 Å². The summed E-state index contributed by atoms with van der Waals surface area (Å²) >= 11 is 0. The first-order chi connectivity index (χ1) is 17.2. The molecule has 0 aromatic heterocycles. The highest BCUT2D eigenvalue weighted by molar-refractivity contribution is 8.76. The summed E-state index contributed by atoms with van der Waals surface area (Å²) in [6.07, 6.45) is 15.7. The van der Waals surface area contributed by atoms with Gasteiger partial charge in [0, 0.05) is 18.1 Å². The summed E-state index contributed by atoms with van der Waals surface area (Å²) in [5.41, 5.74) is 9.14. The summed E-state index contributed by atoms with van der Waals surface area (Å²) in [6.45, 7) is 7.37. The van der Waals surface area contributed by atoms with Crippen LogP contribution in [0.2, 0.25) is 0 Å². The van der Waals surface area contributed by atoms with E-state index in [9.17, 15) is 0 Å². The van der Waals surface area contributed by atoms with Gasteiger partial charge in [0.1, 0.15) is 5.75 Å². The van der Waals surface area contributed by atoms with E-state index in [2.05, 4.69) is 32.0 Å². The van der Waals surface area contributed by atoms with Gasteiger partial charge in [-0.1, -0.05) is 54.3 Å². The number of fused-ring (bicyclic) bond motifs is 5. The van der Waals surface area contributed by atoms with E-state index in [0.29, 0.717) is 11.5 Å². The molecule has 2 N–H and O–H groups in total. The fourth-order valence-corrected chi connectivity index (χ4v) is 9.43. The zero-order valence-corrected chi connectivity index (χ0v) is 23.9. The Kier molecular flexibility index (Phi) is 11.0. The number of aryl methyl sites for hydroxylation is 1. The van der Waals surface area contributed by atoms with Gasteiger partial charge in [0.25, 0.3) is 0 Å². The van der Waals surface area contributed by atoms with Crippen molar-refractivity contribution in [3.63, 3.8) is 0 Å². The van der Waals surface area contributed by atoms with Crippen LogP contribution in [-0.4, -0.2) is 37.4 Å². The van der Waals surface area contributed by atoms with Crippen molar-refractivity contribution >= 4 is 21.6 Å². The summed E-state index contributed by atoms with van der Waals surface area (Å²) in [7, 11) is 4.02. The lowest BCUT2D eigenvalue weighted by molar-refractivity contribution is -0.0636. The number of unbranched alkanes of at least 4 members (excludes halogenated alkanes) is 3. The third-order valence-corrected chi connectivity index (χ3v) is 11.6. The highest BCUT2D eigenvalue weighted by Gasteiger charge is 2.55.